The van der Waals surface area contributed by atoms with Crippen LogP contribution in [0.25, 0.3) is 0 Å². The SMILES string of the molecule is C=C(C)C(=O)NCc1ccc(OCCOCC[N+](C)(C)CC)cc1.C=CC(=O)OCCOCCOCC[N+](C)(C)CC. The van der Waals surface area contributed by atoms with Crippen LogP contribution in [-0.2, 0) is 35.1 Å². The summed E-state index contributed by atoms with van der Waals surface area (Å²) in [5.41, 5.74) is 1.53. The van der Waals surface area contributed by atoms with Gasteiger partial charge in [0, 0.05) is 18.2 Å². The molecule has 0 unspecified atom stereocenters. The molecule has 0 radical (unpaired) electrons. The fourth-order valence-electron chi connectivity index (χ4n) is 2.88. The summed E-state index contributed by atoms with van der Waals surface area (Å²) in [5.74, 6) is 0.255. The molecule has 0 heterocycles. The number of nitrogens with zero attached hydrogens (tertiary/aromatic N) is 2. The lowest BCUT2D eigenvalue weighted by atomic mass is 10.2. The molecular weight excluding hydrogens is 538 g/mol. The average molecular weight is 596 g/mol. The van der Waals surface area contributed by atoms with Gasteiger partial charge in [0.25, 0.3) is 0 Å². The molecule has 0 spiro atoms. The monoisotopic (exact) mass is 595 g/mol. The third-order valence-electron chi connectivity index (χ3n) is 6.67. The molecule has 0 aromatic heterocycles. The quantitative estimate of drug-likeness (QED) is 0.0953. The first-order valence-corrected chi connectivity index (χ1v) is 14.7. The number of hydrogen-bond acceptors (Lipinski definition) is 7. The van der Waals surface area contributed by atoms with Crippen molar-refractivity contribution in [2.75, 3.05) is 107 Å². The van der Waals surface area contributed by atoms with E-state index in [4.69, 9.17) is 23.7 Å². The van der Waals surface area contributed by atoms with Crippen LogP contribution in [0.4, 0.5) is 0 Å². The maximum Gasteiger partial charge on any atom is 0.330 e. The van der Waals surface area contributed by atoms with Crippen molar-refractivity contribution in [3.8, 4) is 5.75 Å². The number of hydrogen-bond donors (Lipinski definition) is 1. The third-order valence-corrected chi connectivity index (χ3v) is 6.67. The number of nitrogens with one attached hydrogen (secondary N) is 1. The maximum absolute atomic E-state index is 11.4. The van der Waals surface area contributed by atoms with Gasteiger partial charge in [-0.2, -0.15) is 0 Å². The Kier molecular flexibility index (Phi) is 21.3. The van der Waals surface area contributed by atoms with Crippen LogP contribution in [0.15, 0.2) is 49.1 Å². The number of carbonyl (C=O) groups is 2. The minimum absolute atomic E-state index is 0.127. The van der Waals surface area contributed by atoms with Crippen LogP contribution in [0.5, 0.6) is 5.75 Å². The van der Waals surface area contributed by atoms with Gasteiger partial charge in [-0.1, -0.05) is 25.3 Å². The minimum Gasteiger partial charge on any atom is -0.491 e. The van der Waals surface area contributed by atoms with Gasteiger partial charge < -0.3 is 38.0 Å². The molecule has 0 bridgehead atoms. The van der Waals surface area contributed by atoms with E-state index in [1.54, 1.807) is 6.92 Å². The van der Waals surface area contributed by atoms with Gasteiger partial charge in [0.2, 0.25) is 5.91 Å². The predicted octanol–water partition coefficient (Wildman–Crippen LogP) is 3.22. The van der Waals surface area contributed by atoms with Gasteiger partial charge in [-0.25, -0.2) is 4.79 Å². The molecule has 0 aliphatic rings. The molecule has 1 rings (SSSR count). The molecule has 0 fully saturated rings. The summed E-state index contributed by atoms with van der Waals surface area (Å²) >= 11 is 0. The Morgan fingerprint density at radius 2 is 1.26 bits per heavy atom. The largest absolute Gasteiger partial charge is 0.491 e. The second-order valence-corrected chi connectivity index (χ2v) is 11.1. The van der Waals surface area contributed by atoms with Gasteiger partial charge in [-0.3, -0.25) is 4.79 Å². The fourth-order valence-corrected chi connectivity index (χ4v) is 2.88. The van der Waals surface area contributed by atoms with Gasteiger partial charge in [0.05, 0.1) is 80.9 Å². The molecule has 0 aliphatic heterocycles. The number of amides is 1. The topological polar surface area (TPSA) is 92.3 Å². The molecule has 10 heteroatoms. The van der Waals surface area contributed by atoms with Crippen molar-refractivity contribution in [2.24, 2.45) is 0 Å². The van der Waals surface area contributed by atoms with E-state index in [-0.39, 0.29) is 12.5 Å². The molecule has 1 aromatic carbocycles. The Morgan fingerprint density at radius 1 is 0.786 bits per heavy atom. The van der Waals surface area contributed by atoms with Crippen LogP contribution < -0.4 is 10.1 Å². The van der Waals surface area contributed by atoms with E-state index in [0.717, 1.165) is 65.7 Å². The molecule has 0 saturated heterocycles. The van der Waals surface area contributed by atoms with Crippen molar-refractivity contribution in [2.45, 2.75) is 27.3 Å². The Hall–Kier alpha value is -2.76. The zero-order chi connectivity index (χ0) is 31.9. The van der Waals surface area contributed by atoms with Crippen molar-refractivity contribution in [1.29, 1.82) is 0 Å². The number of rotatable bonds is 22. The first kappa shape index (κ1) is 39.2. The van der Waals surface area contributed by atoms with E-state index in [0.29, 0.717) is 45.2 Å². The zero-order valence-corrected chi connectivity index (χ0v) is 27.2. The van der Waals surface area contributed by atoms with Gasteiger partial charge in [-0.05, 0) is 38.5 Å². The zero-order valence-electron chi connectivity index (χ0n) is 27.2. The molecule has 0 aliphatic carbocycles. The number of benzene rings is 1. The van der Waals surface area contributed by atoms with Gasteiger partial charge in [0.1, 0.15) is 32.1 Å². The Bertz CT molecular complexity index is 902. The lowest BCUT2D eigenvalue weighted by Gasteiger charge is -2.27. The standard InChI is InChI=1S/C19H30N2O3.C13H26NO4/c1-6-21(4,5)11-12-23-13-14-24-18-9-7-17(8-10-18)15-20-19(22)16(2)3;1-5-13(15)18-12-11-17-10-9-16-8-7-14(3,4)6-2/h7-10H,2,6,11-15H2,1,3-5H3;5H,1,6-12H2,2-4H3/q;+1/p+1. The highest BCUT2D eigenvalue weighted by Gasteiger charge is 2.11. The van der Waals surface area contributed by atoms with Crippen molar-refractivity contribution in [3.05, 3.63) is 54.6 Å². The predicted molar refractivity (Wildman–Crippen MR) is 167 cm³/mol. The Labute approximate surface area is 254 Å². The first-order valence-electron chi connectivity index (χ1n) is 14.7. The second kappa shape index (κ2) is 22.8. The van der Waals surface area contributed by atoms with E-state index in [9.17, 15) is 9.59 Å². The van der Waals surface area contributed by atoms with Crippen LogP contribution in [0, 0.1) is 0 Å². The minimum atomic E-state index is -0.422. The lowest BCUT2D eigenvalue weighted by Crippen LogP contribution is -2.42. The molecule has 1 aromatic rings. The summed E-state index contributed by atoms with van der Waals surface area (Å²) in [5, 5.41) is 2.80. The maximum atomic E-state index is 11.4. The number of likely N-dealkylation sites (N-methyl/N-ethyl adjacent to an activating group) is 2. The number of quaternary nitrogens is 2. The molecular formula is C32H57N3O7+2. The third kappa shape index (κ3) is 21.9. The van der Waals surface area contributed by atoms with E-state index < -0.39 is 5.97 Å². The molecule has 1 amide bonds. The van der Waals surface area contributed by atoms with Crippen LogP contribution in [-0.4, -0.2) is 128 Å². The fraction of sp³-hybridized carbons (Fsp3) is 0.625. The average Bonchev–Trinajstić information content (AvgIpc) is 2.97. The molecule has 0 saturated carbocycles. The van der Waals surface area contributed by atoms with Crippen LogP contribution in [0.2, 0.25) is 0 Å². The number of ether oxygens (including phenoxy) is 5. The van der Waals surface area contributed by atoms with Crippen LogP contribution >= 0.6 is 0 Å². The summed E-state index contributed by atoms with van der Waals surface area (Å²) in [7, 11) is 8.74. The van der Waals surface area contributed by atoms with Crippen molar-refractivity contribution < 1.29 is 42.2 Å². The second-order valence-electron chi connectivity index (χ2n) is 11.1. The first-order chi connectivity index (χ1) is 19.9. The smallest absolute Gasteiger partial charge is 0.330 e. The van der Waals surface area contributed by atoms with Crippen molar-refractivity contribution >= 4 is 11.9 Å². The van der Waals surface area contributed by atoms with E-state index in [2.05, 4.69) is 60.5 Å². The van der Waals surface area contributed by atoms with Gasteiger partial charge in [0.15, 0.2) is 0 Å². The normalized spacial score (nSPS) is 11.2. The van der Waals surface area contributed by atoms with Gasteiger partial charge >= 0.3 is 5.97 Å². The molecule has 240 valence electrons. The highest BCUT2D eigenvalue weighted by Crippen LogP contribution is 2.12. The van der Waals surface area contributed by atoms with Crippen LogP contribution in [0.1, 0.15) is 26.3 Å². The summed E-state index contributed by atoms with van der Waals surface area (Å²) in [6, 6.07) is 7.69. The molecule has 10 nitrogen and oxygen atoms in total. The van der Waals surface area contributed by atoms with Crippen molar-refractivity contribution in [3.63, 3.8) is 0 Å². The summed E-state index contributed by atoms with van der Waals surface area (Å²) in [6.07, 6.45) is 1.14. The van der Waals surface area contributed by atoms with E-state index in [1.807, 2.05) is 24.3 Å². The number of carbonyl (C=O) groups excluding carboxylic acids is 2. The van der Waals surface area contributed by atoms with E-state index in [1.165, 1.54) is 0 Å². The summed E-state index contributed by atoms with van der Waals surface area (Å²) in [6.45, 7) is 21.9. The lowest BCUT2D eigenvalue weighted by molar-refractivity contribution is -0.888. The molecule has 1 N–H and O–H groups in total. The van der Waals surface area contributed by atoms with Gasteiger partial charge in [-0.15, -0.1) is 0 Å². The number of esters is 1. The van der Waals surface area contributed by atoms with Crippen LogP contribution in [0.3, 0.4) is 0 Å². The van der Waals surface area contributed by atoms with Crippen molar-refractivity contribution in [1.82, 2.24) is 5.32 Å². The Morgan fingerprint density at radius 3 is 1.74 bits per heavy atom. The van der Waals surface area contributed by atoms with E-state index >= 15 is 0 Å². The molecule has 0 atom stereocenters. The summed E-state index contributed by atoms with van der Waals surface area (Å²) in [4.78, 5) is 22.1. The highest BCUT2D eigenvalue weighted by atomic mass is 16.6. The summed E-state index contributed by atoms with van der Waals surface area (Å²) < 4.78 is 28.6. The highest BCUT2D eigenvalue weighted by molar-refractivity contribution is 5.92. The Balaban J connectivity index is 0.000000837. The molecule has 42 heavy (non-hydrogen) atoms.